The van der Waals surface area contributed by atoms with Crippen molar-refractivity contribution in [3.63, 3.8) is 0 Å². The van der Waals surface area contributed by atoms with Gasteiger partial charge in [0.1, 0.15) is 12.4 Å². The molecule has 0 bridgehead atoms. The predicted octanol–water partition coefficient (Wildman–Crippen LogP) is 6.95. The Bertz CT molecular complexity index is 1060. The van der Waals surface area contributed by atoms with Crippen molar-refractivity contribution >= 4 is 50.8 Å². The van der Waals surface area contributed by atoms with Crippen molar-refractivity contribution in [3.8, 4) is 5.75 Å². The molecular weight excluding hydrogens is 477 g/mol. The maximum Gasteiger partial charge on any atom is 0.335 e. The number of nitrogens with one attached hydrogen (secondary N) is 1. The van der Waals surface area contributed by atoms with Gasteiger partial charge in [-0.25, -0.2) is 4.79 Å². The van der Waals surface area contributed by atoms with Gasteiger partial charge in [-0.15, -0.1) is 0 Å². The first-order chi connectivity index (χ1) is 13.8. The molecule has 0 aromatic heterocycles. The minimum Gasteiger partial charge on any atom is -0.489 e. The Morgan fingerprint density at radius 3 is 2.59 bits per heavy atom. The smallest absolute Gasteiger partial charge is 0.335 e. The van der Waals surface area contributed by atoms with E-state index in [1.165, 1.54) is 0 Å². The van der Waals surface area contributed by atoms with Crippen LogP contribution in [0.15, 0.2) is 59.1 Å². The fourth-order valence-corrected chi connectivity index (χ4v) is 3.48. The van der Waals surface area contributed by atoms with Crippen molar-refractivity contribution in [1.82, 2.24) is 0 Å². The Morgan fingerprint density at radius 1 is 1.07 bits per heavy atom. The van der Waals surface area contributed by atoms with E-state index in [1.54, 1.807) is 30.3 Å². The summed E-state index contributed by atoms with van der Waals surface area (Å²) in [4.78, 5) is 11.2. The third-order valence-corrected chi connectivity index (χ3v) is 5.59. The lowest BCUT2D eigenvalue weighted by atomic mass is 10.1. The third-order valence-electron chi connectivity index (χ3n) is 4.35. The maximum atomic E-state index is 11.2. The molecule has 0 radical (unpaired) electrons. The predicted molar refractivity (Wildman–Crippen MR) is 120 cm³/mol. The summed E-state index contributed by atoms with van der Waals surface area (Å²) in [5.74, 6) is -0.236. The second-order valence-corrected chi connectivity index (χ2v) is 8.21. The zero-order chi connectivity index (χ0) is 21.0. The van der Waals surface area contributed by atoms with Gasteiger partial charge in [0, 0.05) is 22.3 Å². The van der Waals surface area contributed by atoms with Gasteiger partial charge in [-0.05, 0) is 60.5 Å². The van der Waals surface area contributed by atoms with Crippen LogP contribution in [-0.4, -0.2) is 11.1 Å². The van der Waals surface area contributed by atoms with E-state index in [2.05, 4.69) is 21.2 Å². The second-order valence-electron chi connectivity index (χ2n) is 6.48. The average molecular weight is 495 g/mol. The molecule has 0 unspecified atom stereocenters. The van der Waals surface area contributed by atoms with Gasteiger partial charge in [0.2, 0.25) is 0 Å². The molecule has 0 aliphatic carbocycles. The van der Waals surface area contributed by atoms with Crippen molar-refractivity contribution in [2.45, 2.75) is 20.1 Å². The van der Waals surface area contributed by atoms with Crippen LogP contribution in [0.25, 0.3) is 0 Å². The highest BCUT2D eigenvalue weighted by Crippen LogP contribution is 2.28. The van der Waals surface area contributed by atoms with Gasteiger partial charge in [0.25, 0.3) is 0 Å². The van der Waals surface area contributed by atoms with Gasteiger partial charge in [0.15, 0.2) is 0 Å². The number of carboxylic acids is 1. The first-order valence-corrected chi connectivity index (χ1v) is 10.3. The van der Waals surface area contributed by atoms with Crippen LogP contribution in [0.3, 0.4) is 0 Å². The van der Waals surface area contributed by atoms with Crippen molar-refractivity contribution in [3.05, 3.63) is 91.4 Å². The summed E-state index contributed by atoms with van der Waals surface area (Å²) >= 11 is 15.5. The molecule has 7 heteroatoms. The van der Waals surface area contributed by atoms with Crippen LogP contribution in [0.1, 0.15) is 27.0 Å². The van der Waals surface area contributed by atoms with Crippen LogP contribution in [0.2, 0.25) is 10.0 Å². The number of carbonyl (C=O) groups is 1. The number of hydrogen-bond donors (Lipinski definition) is 2. The summed E-state index contributed by atoms with van der Waals surface area (Å²) in [6.07, 6.45) is 0. The molecule has 0 aliphatic heterocycles. The van der Waals surface area contributed by atoms with E-state index in [4.69, 9.17) is 27.9 Å². The molecule has 0 heterocycles. The number of rotatable bonds is 7. The summed E-state index contributed by atoms with van der Waals surface area (Å²) in [6, 6.07) is 16.2. The van der Waals surface area contributed by atoms with Crippen LogP contribution in [0.4, 0.5) is 5.69 Å². The first kappa shape index (κ1) is 21.5. The summed E-state index contributed by atoms with van der Waals surface area (Å²) in [5, 5.41) is 13.5. The SMILES string of the molecule is Cc1ccc(C(=O)O)cc1NCc1cc(Br)ccc1OCc1ccc(Cl)c(Cl)c1. The van der Waals surface area contributed by atoms with Crippen LogP contribution in [0, 0.1) is 6.92 Å². The highest BCUT2D eigenvalue weighted by molar-refractivity contribution is 9.10. The number of aromatic carboxylic acids is 1. The highest BCUT2D eigenvalue weighted by Gasteiger charge is 2.09. The van der Waals surface area contributed by atoms with Crippen molar-refractivity contribution in [1.29, 1.82) is 0 Å². The van der Waals surface area contributed by atoms with E-state index < -0.39 is 5.97 Å². The monoisotopic (exact) mass is 493 g/mol. The number of benzene rings is 3. The first-order valence-electron chi connectivity index (χ1n) is 8.76. The Hall–Kier alpha value is -2.21. The quantitative estimate of drug-likeness (QED) is 0.373. The van der Waals surface area contributed by atoms with Gasteiger partial charge < -0.3 is 15.2 Å². The Labute approximate surface area is 187 Å². The van der Waals surface area contributed by atoms with Crippen LogP contribution >= 0.6 is 39.1 Å². The normalized spacial score (nSPS) is 10.6. The van der Waals surface area contributed by atoms with E-state index in [-0.39, 0.29) is 5.56 Å². The minimum absolute atomic E-state index is 0.239. The fraction of sp³-hybridized carbons (Fsp3) is 0.136. The largest absolute Gasteiger partial charge is 0.489 e. The summed E-state index contributed by atoms with van der Waals surface area (Å²) < 4.78 is 6.92. The van der Waals surface area contributed by atoms with Gasteiger partial charge >= 0.3 is 5.97 Å². The molecule has 0 saturated heterocycles. The third kappa shape index (κ3) is 5.66. The molecule has 3 aromatic carbocycles. The van der Waals surface area contributed by atoms with Crippen molar-refractivity contribution in [2.24, 2.45) is 0 Å². The zero-order valence-corrected chi connectivity index (χ0v) is 18.6. The maximum absolute atomic E-state index is 11.2. The zero-order valence-electron chi connectivity index (χ0n) is 15.5. The summed E-state index contributed by atoms with van der Waals surface area (Å²) in [7, 11) is 0. The molecule has 150 valence electrons. The molecule has 0 saturated carbocycles. The van der Waals surface area contributed by atoms with E-state index >= 15 is 0 Å². The van der Waals surface area contributed by atoms with E-state index in [0.717, 1.165) is 32.6 Å². The number of hydrogen-bond acceptors (Lipinski definition) is 3. The molecule has 0 fully saturated rings. The van der Waals surface area contributed by atoms with Gasteiger partial charge in [-0.1, -0.05) is 51.3 Å². The Kier molecular flexibility index (Phi) is 7.06. The van der Waals surface area contributed by atoms with Gasteiger partial charge in [-0.2, -0.15) is 0 Å². The number of carboxylic acid groups (broad SMARTS) is 1. The van der Waals surface area contributed by atoms with E-state index in [9.17, 15) is 9.90 Å². The van der Waals surface area contributed by atoms with Gasteiger partial charge in [0.05, 0.1) is 15.6 Å². The van der Waals surface area contributed by atoms with E-state index in [1.807, 2.05) is 31.2 Å². The van der Waals surface area contributed by atoms with Crippen LogP contribution in [-0.2, 0) is 13.2 Å². The number of ether oxygens (including phenoxy) is 1. The molecule has 3 aromatic rings. The molecule has 0 aliphatic rings. The van der Waals surface area contributed by atoms with Crippen molar-refractivity contribution in [2.75, 3.05) is 5.32 Å². The molecule has 4 nitrogen and oxygen atoms in total. The van der Waals surface area contributed by atoms with Gasteiger partial charge in [-0.3, -0.25) is 0 Å². The Morgan fingerprint density at radius 2 is 1.86 bits per heavy atom. The molecule has 0 spiro atoms. The molecule has 0 amide bonds. The molecular formula is C22H18BrCl2NO3. The second kappa shape index (κ2) is 9.53. The lowest BCUT2D eigenvalue weighted by Gasteiger charge is -2.15. The minimum atomic E-state index is -0.957. The number of aryl methyl sites for hydroxylation is 1. The number of anilines is 1. The Balaban J connectivity index is 1.76. The summed E-state index contributed by atoms with van der Waals surface area (Å²) in [5.41, 5.74) is 3.80. The summed E-state index contributed by atoms with van der Waals surface area (Å²) in [6.45, 7) is 2.75. The van der Waals surface area contributed by atoms with E-state index in [0.29, 0.717) is 23.2 Å². The van der Waals surface area contributed by atoms with Crippen LogP contribution in [0.5, 0.6) is 5.75 Å². The highest BCUT2D eigenvalue weighted by atomic mass is 79.9. The lowest BCUT2D eigenvalue weighted by Crippen LogP contribution is -2.06. The molecule has 0 atom stereocenters. The number of halogens is 3. The molecule has 3 rings (SSSR count). The van der Waals surface area contributed by atoms with Crippen LogP contribution < -0.4 is 10.1 Å². The lowest BCUT2D eigenvalue weighted by molar-refractivity contribution is 0.0697. The topological polar surface area (TPSA) is 58.6 Å². The molecule has 29 heavy (non-hydrogen) atoms. The van der Waals surface area contributed by atoms with Crippen molar-refractivity contribution < 1.29 is 14.6 Å². The average Bonchev–Trinajstić information content (AvgIpc) is 2.69. The molecule has 2 N–H and O–H groups in total. The standard InChI is InChI=1S/C22H18BrCl2NO3/c1-13-2-4-15(22(27)28)10-20(13)26-11-16-9-17(23)5-7-21(16)29-12-14-3-6-18(24)19(25)8-14/h2-10,26H,11-12H2,1H3,(H,27,28). The fourth-order valence-electron chi connectivity index (χ4n) is 2.75.